The Labute approximate surface area is 79.4 Å². The third-order valence-electron chi connectivity index (χ3n) is 1.96. The summed E-state index contributed by atoms with van der Waals surface area (Å²) >= 11 is 0. The number of hydrogen-bond acceptors (Lipinski definition) is 4. The van der Waals surface area contributed by atoms with Crippen LogP contribution in [-0.4, -0.2) is 12.2 Å². The highest BCUT2D eigenvalue weighted by molar-refractivity contribution is 5.78. The van der Waals surface area contributed by atoms with Crippen LogP contribution in [0, 0.1) is 0 Å². The highest BCUT2D eigenvalue weighted by Crippen LogP contribution is 2.19. The van der Waals surface area contributed by atoms with Crippen LogP contribution in [0.25, 0.3) is 11.0 Å². The van der Waals surface area contributed by atoms with E-state index in [1.54, 1.807) is 18.2 Å². The molecule has 0 unspecified atom stereocenters. The van der Waals surface area contributed by atoms with E-state index >= 15 is 0 Å². The molecule has 0 spiro atoms. The standard InChI is InChI=1S/C10H8O4/c1-13-6-2-3-7-9(4-6)14-5-8(11)10(7)12/h2-5,11H,1H3. The lowest BCUT2D eigenvalue weighted by Gasteiger charge is -2.00. The molecule has 14 heavy (non-hydrogen) atoms. The lowest BCUT2D eigenvalue weighted by Crippen LogP contribution is -1.99. The van der Waals surface area contributed by atoms with Crippen LogP contribution >= 0.6 is 0 Å². The Bertz CT molecular complexity index is 527. The van der Waals surface area contributed by atoms with Gasteiger partial charge in [0.05, 0.1) is 12.5 Å². The molecule has 0 saturated carbocycles. The van der Waals surface area contributed by atoms with E-state index in [2.05, 4.69) is 0 Å². The Morgan fingerprint density at radius 2 is 2.21 bits per heavy atom. The van der Waals surface area contributed by atoms with Gasteiger partial charge >= 0.3 is 0 Å². The molecule has 0 atom stereocenters. The van der Waals surface area contributed by atoms with E-state index in [0.29, 0.717) is 16.7 Å². The molecule has 4 nitrogen and oxygen atoms in total. The van der Waals surface area contributed by atoms with E-state index in [0.717, 1.165) is 6.26 Å². The summed E-state index contributed by atoms with van der Waals surface area (Å²) in [4.78, 5) is 11.4. The van der Waals surface area contributed by atoms with E-state index in [1.807, 2.05) is 0 Å². The van der Waals surface area contributed by atoms with Crippen molar-refractivity contribution < 1.29 is 14.3 Å². The second-order valence-electron chi connectivity index (χ2n) is 2.81. The molecule has 1 aromatic carbocycles. The van der Waals surface area contributed by atoms with Crippen molar-refractivity contribution in [2.24, 2.45) is 0 Å². The molecule has 2 aromatic rings. The zero-order valence-electron chi connectivity index (χ0n) is 7.48. The first-order valence-corrected chi connectivity index (χ1v) is 4.01. The first-order valence-electron chi connectivity index (χ1n) is 4.01. The zero-order valence-corrected chi connectivity index (χ0v) is 7.48. The quantitative estimate of drug-likeness (QED) is 0.743. The summed E-state index contributed by atoms with van der Waals surface area (Å²) in [7, 11) is 1.53. The van der Waals surface area contributed by atoms with Gasteiger partial charge in [-0.15, -0.1) is 0 Å². The number of benzene rings is 1. The van der Waals surface area contributed by atoms with Gasteiger partial charge < -0.3 is 14.3 Å². The molecule has 0 aliphatic rings. The molecule has 1 N–H and O–H groups in total. The molecule has 0 aliphatic carbocycles. The number of hydrogen-bond donors (Lipinski definition) is 1. The Morgan fingerprint density at radius 3 is 2.93 bits per heavy atom. The normalized spacial score (nSPS) is 10.4. The topological polar surface area (TPSA) is 59.7 Å². The molecule has 0 aliphatic heterocycles. The van der Waals surface area contributed by atoms with E-state index in [4.69, 9.17) is 14.3 Å². The number of ether oxygens (including phenoxy) is 1. The molecule has 4 heteroatoms. The van der Waals surface area contributed by atoms with Gasteiger partial charge in [0.1, 0.15) is 17.6 Å². The summed E-state index contributed by atoms with van der Waals surface area (Å²) in [5.41, 5.74) is -0.0407. The summed E-state index contributed by atoms with van der Waals surface area (Å²) in [5, 5.41) is 9.44. The minimum absolute atomic E-state index is 0.339. The highest BCUT2D eigenvalue weighted by Gasteiger charge is 2.05. The van der Waals surface area contributed by atoms with Gasteiger partial charge in [-0.2, -0.15) is 0 Å². The summed E-state index contributed by atoms with van der Waals surface area (Å²) < 4.78 is 10.0. The average Bonchev–Trinajstić information content (AvgIpc) is 2.23. The highest BCUT2D eigenvalue weighted by atomic mass is 16.5. The van der Waals surface area contributed by atoms with E-state index < -0.39 is 5.43 Å². The third kappa shape index (κ3) is 1.21. The molecular formula is C10H8O4. The largest absolute Gasteiger partial charge is 0.502 e. The Kier molecular flexibility index (Phi) is 1.89. The van der Waals surface area contributed by atoms with Gasteiger partial charge in [-0.3, -0.25) is 4.79 Å². The summed E-state index contributed by atoms with van der Waals surface area (Å²) in [6.45, 7) is 0. The van der Waals surface area contributed by atoms with E-state index in [-0.39, 0.29) is 5.75 Å². The number of aromatic hydroxyl groups is 1. The molecule has 2 rings (SSSR count). The van der Waals surface area contributed by atoms with Crippen molar-refractivity contribution in [1.29, 1.82) is 0 Å². The molecule has 0 fully saturated rings. The fourth-order valence-corrected chi connectivity index (χ4v) is 1.23. The van der Waals surface area contributed by atoms with Crippen molar-refractivity contribution >= 4 is 11.0 Å². The Hall–Kier alpha value is -1.97. The fourth-order valence-electron chi connectivity index (χ4n) is 1.23. The molecule has 0 amide bonds. The van der Waals surface area contributed by atoms with Gasteiger partial charge in [0.2, 0.25) is 5.43 Å². The maximum absolute atomic E-state index is 11.4. The second kappa shape index (κ2) is 3.06. The van der Waals surface area contributed by atoms with Crippen LogP contribution in [0.5, 0.6) is 11.5 Å². The van der Waals surface area contributed by atoms with Gasteiger partial charge in [-0.1, -0.05) is 0 Å². The number of methoxy groups -OCH3 is 1. The van der Waals surface area contributed by atoms with Crippen LogP contribution in [0.4, 0.5) is 0 Å². The summed E-state index contributed by atoms with van der Waals surface area (Å²) in [5.74, 6) is 0.217. The van der Waals surface area contributed by atoms with Crippen molar-refractivity contribution in [2.45, 2.75) is 0 Å². The monoisotopic (exact) mass is 192 g/mol. The Morgan fingerprint density at radius 1 is 1.43 bits per heavy atom. The van der Waals surface area contributed by atoms with Crippen LogP contribution < -0.4 is 10.2 Å². The SMILES string of the molecule is COc1ccc2c(=O)c(O)coc2c1. The minimum Gasteiger partial charge on any atom is -0.502 e. The molecular weight excluding hydrogens is 184 g/mol. The smallest absolute Gasteiger partial charge is 0.234 e. The van der Waals surface area contributed by atoms with Crippen molar-refractivity contribution in [3.63, 3.8) is 0 Å². The molecule has 72 valence electrons. The molecule has 0 bridgehead atoms. The maximum atomic E-state index is 11.4. The van der Waals surface area contributed by atoms with Gasteiger partial charge in [-0.05, 0) is 12.1 Å². The average molecular weight is 192 g/mol. The predicted octanol–water partition coefficient (Wildman–Crippen LogP) is 1.51. The third-order valence-corrected chi connectivity index (χ3v) is 1.96. The second-order valence-corrected chi connectivity index (χ2v) is 2.81. The summed E-state index contributed by atoms with van der Waals surface area (Å²) in [6, 6.07) is 4.79. The molecule has 0 radical (unpaired) electrons. The molecule has 1 aromatic heterocycles. The van der Waals surface area contributed by atoms with Crippen molar-refractivity contribution in [1.82, 2.24) is 0 Å². The fraction of sp³-hybridized carbons (Fsp3) is 0.100. The Balaban J connectivity index is 2.81. The lowest BCUT2D eigenvalue weighted by molar-refractivity contribution is 0.413. The lowest BCUT2D eigenvalue weighted by atomic mass is 10.2. The minimum atomic E-state index is -0.436. The van der Waals surface area contributed by atoms with Gasteiger partial charge in [0, 0.05) is 6.07 Å². The van der Waals surface area contributed by atoms with Crippen LogP contribution in [0.2, 0.25) is 0 Å². The van der Waals surface area contributed by atoms with E-state index in [9.17, 15) is 4.79 Å². The number of fused-ring (bicyclic) bond motifs is 1. The molecule has 0 saturated heterocycles. The van der Waals surface area contributed by atoms with Crippen LogP contribution in [0.1, 0.15) is 0 Å². The maximum Gasteiger partial charge on any atom is 0.234 e. The van der Waals surface area contributed by atoms with Crippen molar-refractivity contribution in [3.05, 3.63) is 34.7 Å². The first kappa shape index (κ1) is 8.62. The first-order chi connectivity index (χ1) is 6.72. The van der Waals surface area contributed by atoms with Crippen LogP contribution in [0.15, 0.2) is 33.7 Å². The van der Waals surface area contributed by atoms with Gasteiger partial charge in [-0.25, -0.2) is 0 Å². The summed E-state index contributed by atoms with van der Waals surface area (Å²) in [6.07, 6.45) is 1.02. The number of rotatable bonds is 1. The van der Waals surface area contributed by atoms with Crippen molar-refractivity contribution in [2.75, 3.05) is 7.11 Å². The van der Waals surface area contributed by atoms with Crippen LogP contribution in [0.3, 0.4) is 0 Å². The van der Waals surface area contributed by atoms with Crippen molar-refractivity contribution in [3.8, 4) is 11.5 Å². The van der Waals surface area contributed by atoms with Gasteiger partial charge in [0.25, 0.3) is 0 Å². The van der Waals surface area contributed by atoms with Crippen LogP contribution in [-0.2, 0) is 0 Å². The van der Waals surface area contributed by atoms with E-state index in [1.165, 1.54) is 7.11 Å². The zero-order chi connectivity index (χ0) is 10.1. The molecule has 1 heterocycles. The predicted molar refractivity (Wildman–Crippen MR) is 50.7 cm³/mol. The van der Waals surface area contributed by atoms with Gasteiger partial charge in [0.15, 0.2) is 5.75 Å².